The molecule has 0 N–H and O–H groups in total. The molecule has 1 aliphatic heterocycles. The molecule has 0 atom stereocenters. The second-order valence-electron chi connectivity index (χ2n) is 9.09. The van der Waals surface area contributed by atoms with Crippen LogP contribution >= 0.6 is 11.6 Å². The molecule has 3 rings (SSSR count). The monoisotopic (exact) mass is 460 g/mol. The van der Waals surface area contributed by atoms with Gasteiger partial charge < -0.3 is 18.6 Å². The molecule has 0 bridgehead atoms. The quantitative estimate of drug-likeness (QED) is 0.489. The Morgan fingerprint density at radius 2 is 1.87 bits per heavy atom. The van der Waals surface area contributed by atoms with Gasteiger partial charge in [-0.2, -0.15) is 5.26 Å². The van der Waals surface area contributed by atoms with Gasteiger partial charge in [-0.15, -0.1) is 0 Å². The van der Waals surface area contributed by atoms with Gasteiger partial charge in [0, 0.05) is 23.0 Å². The van der Waals surface area contributed by atoms with Gasteiger partial charge in [0.15, 0.2) is 14.6 Å². The first-order chi connectivity index (χ1) is 14.6. The molecule has 0 unspecified atom stereocenters. The summed E-state index contributed by atoms with van der Waals surface area (Å²) in [6, 6.07) is 7.58. The van der Waals surface area contributed by atoms with E-state index in [2.05, 4.69) is 44.9 Å². The highest BCUT2D eigenvalue weighted by atomic mass is 35.5. The van der Waals surface area contributed by atoms with Crippen molar-refractivity contribution < 1.29 is 18.6 Å². The number of nitriles is 1. The maximum absolute atomic E-state index is 9.09. The molecular weight excluding hydrogens is 432 g/mol. The molecule has 2 aromatic rings. The number of nitrogens with zero attached hydrogens (tertiary/aromatic N) is 2. The van der Waals surface area contributed by atoms with Gasteiger partial charge in [-0.25, -0.2) is 0 Å². The van der Waals surface area contributed by atoms with E-state index in [4.69, 9.17) is 35.5 Å². The number of halogens is 1. The minimum absolute atomic E-state index is 0.100. The molecule has 8 heteroatoms. The Balaban J connectivity index is 1.85. The minimum Gasteiger partial charge on any atom is -0.488 e. The summed E-state index contributed by atoms with van der Waals surface area (Å²) in [6.07, 6.45) is 2.68. The molecule has 31 heavy (non-hydrogen) atoms. The van der Waals surface area contributed by atoms with Crippen molar-refractivity contribution in [3.63, 3.8) is 0 Å². The number of benzene rings is 1. The van der Waals surface area contributed by atoms with Crippen LogP contribution in [0.15, 0.2) is 30.6 Å². The average molecular weight is 461 g/mol. The van der Waals surface area contributed by atoms with Crippen LogP contribution in [0.3, 0.4) is 0 Å². The van der Waals surface area contributed by atoms with Crippen molar-refractivity contribution in [1.82, 2.24) is 4.98 Å². The van der Waals surface area contributed by atoms with Gasteiger partial charge in [-0.1, -0.05) is 32.4 Å². The fraction of sp³-hybridized carbons (Fsp3) is 0.478. The summed E-state index contributed by atoms with van der Waals surface area (Å²) in [6.45, 7) is 12.7. The number of aromatic nitrogens is 1. The van der Waals surface area contributed by atoms with Crippen LogP contribution in [0.5, 0.6) is 5.75 Å². The number of ether oxygens (including phenoxy) is 3. The molecule has 0 saturated carbocycles. The van der Waals surface area contributed by atoms with Crippen LogP contribution in [0.25, 0.3) is 0 Å². The van der Waals surface area contributed by atoms with Crippen molar-refractivity contribution in [3.8, 4) is 11.8 Å². The van der Waals surface area contributed by atoms with Crippen LogP contribution in [0.4, 0.5) is 0 Å². The Bertz CT molecular complexity index is 963. The van der Waals surface area contributed by atoms with Gasteiger partial charge in [0.1, 0.15) is 18.4 Å². The number of pyridine rings is 1. The Morgan fingerprint density at radius 1 is 1.16 bits per heavy atom. The Morgan fingerprint density at radius 3 is 2.52 bits per heavy atom. The van der Waals surface area contributed by atoms with Crippen LogP contribution in [0.2, 0.25) is 23.2 Å². The predicted octanol–water partition coefficient (Wildman–Crippen LogP) is 5.75. The molecule has 0 aliphatic carbocycles. The maximum atomic E-state index is 9.09. The summed E-state index contributed by atoms with van der Waals surface area (Å²) in [7, 11) is -1.94. The van der Waals surface area contributed by atoms with Gasteiger partial charge in [0.25, 0.3) is 0 Å². The molecule has 1 saturated heterocycles. The lowest BCUT2D eigenvalue weighted by Crippen LogP contribution is -2.40. The van der Waals surface area contributed by atoms with Crippen molar-refractivity contribution in [2.24, 2.45) is 0 Å². The molecule has 1 fully saturated rings. The van der Waals surface area contributed by atoms with Gasteiger partial charge in [-0.3, -0.25) is 4.98 Å². The first-order valence-corrected chi connectivity index (χ1v) is 13.6. The Kier molecular flexibility index (Phi) is 7.40. The van der Waals surface area contributed by atoms with Gasteiger partial charge >= 0.3 is 0 Å². The number of hydrogen-bond donors (Lipinski definition) is 0. The van der Waals surface area contributed by atoms with Crippen LogP contribution in [-0.4, -0.2) is 26.5 Å². The maximum Gasteiger partial charge on any atom is 0.192 e. The topological polar surface area (TPSA) is 73.6 Å². The third-order valence-corrected chi connectivity index (χ3v) is 10.6. The minimum atomic E-state index is -1.94. The van der Waals surface area contributed by atoms with Crippen LogP contribution < -0.4 is 4.74 Å². The summed E-state index contributed by atoms with van der Waals surface area (Å²) in [5, 5.41) is 9.79. The SMILES string of the molecule is CC(C)(C)[Si](C)(C)OCc1cc(OCc2cncc(C#N)c2)c(C2OCCO2)cc1Cl. The van der Waals surface area contributed by atoms with Crippen LogP contribution in [-0.2, 0) is 27.1 Å². The second kappa shape index (κ2) is 9.68. The molecule has 0 amide bonds. The Labute approximate surface area is 190 Å². The summed E-state index contributed by atoms with van der Waals surface area (Å²) in [4.78, 5) is 4.09. The molecular formula is C23H29ClN2O4Si. The standard InChI is InChI=1S/C23H29ClN2O4Si/c1-23(2,3)31(4,5)30-15-18-9-21(19(10-20(18)24)22-27-6-7-28-22)29-14-17-8-16(11-25)12-26-13-17/h8-10,12-13,22H,6-7,14-15H2,1-5H3. The summed E-state index contributed by atoms with van der Waals surface area (Å²) < 4.78 is 23.8. The van der Waals surface area contributed by atoms with E-state index >= 15 is 0 Å². The lowest BCUT2D eigenvalue weighted by atomic mass is 10.1. The fourth-order valence-corrected chi connectivity index (χ4v) is 4.01. The first-order valence-electron chi connectivity index (χ1n) is 10.3. The van der Waals surface area contributed by atoms with E-state index in [9.17, 15) is 0 Å². The van der Waals surface area contributed by atoms with E-state index in [1.54, 1.807) is 12.3 Å². The fourth-order valence-electron chi connectivity index (χ4n) is 2.83. The number of rotatable bonds is 7. The normalized spacial score (nSPS) is 15.1. The lowest BCUT2D eigenvalue weighted by Gasteiger charge is -2.36. The number of hydrogen-bond acceptors (Lipinski definition) is 6. The molecule has 1 aromatic heterocycles. The Hall–Kier alpha value is -1.95. The van der Waals surface area contributed by atoms with Crippen molar-refractivity contribution >= 4 is 19.9 Å². The summed E-state index contributed by atoms with van der Waals surface area (Å²) in [5.74, 6) is 0.618. The third-order valence-electron chi connectivity index (χ3n) is 5.77. The van der Waals surface area contributed by atoms with Crippen molar-refractivity contribution in [2.45, 2.75) is 58.4 Å². The highest BCUT2D eigenvalue weighted by Crippen LogP contribution is 2.39. The zero-order valence-corrected chi connectivity index (χ0v) is 20.5. The molecule has 166 valence electrons. The summed E-state index contributed by atoms with van der Waals surface area (Å²) >= 11 is 6.60. The molecule has 0 radical (unpaired) electrons. The second-order valence-corrected chi connectivity index (χ2v) is 14.3. The summed E-state index contributed by atoms with van der Waals surface area (Å²) in [5.41, 5.74) is 2.88. The lowest BCUT2D eigenvalue weighted by molar-refractivity contribution is -0.0459. The molecule has 1 aliphatic rings. The van der Waals surface area contributed by atoms with E-state index in [0.29, 0.717) is 36.2 Å². The highest BCUT2D eigenvalue weighted by molar-refractivity contribution is 6.74. The zero-order valence-electron chi connectivity index (χ0n) is 18.7. The van der Waals surface area contributed by atoms with Crippen LogP contribution in [0.1, 0.15) is 49.3 Å². The zero-order chi connectivity index (χ0) is 22.6. The van der Waals surface area contributed by atoms with Gasteiger partial charge in [0.2, 0.25) is 0 Å². The van der Waals surface area contributed by atoms with E-state index < -0.39 is 14.6 Å². The largest absolute Gasteiger partial charge is 0.488 e. The van der Waals surface area contributed by atoms with Crippen molar-refractivity contribution in [2.75, 3.05) is 13.2 Å². The third kappa shape index (κ3) is 5.85. The van der Waals surface area contributed by atoms with Gasteiger partial charge in [0.05, 0.1) is 30.9 Å². The molecule has 0 spiro atoms. The van der Waals surface area contributed by atoms with E-state index in [0.717, 1.165) is 16.7 Å². The molecule has 6 nitrogen and oxygen atoms in total. The van der Waals surface area contributed by atoms with E-state index in [-0.39, 0.29) is 11.6 Å². The average Bonchev–Trinajstić information content (AvgIpc) is 3.25. The van der Waals surface area contributed by atoms with E-state index in [1.807, 2.05) is 12.1 Å². The highest BCUT2D eigenvalue weighted by Gasteiger charge is 2.37. The molecule has 1 aromatic carbocycles. The predicted molar refractivity (Wildman–Crippen MR) is 121 cm³/mol. The van der Waals surface area contributed by atoms with Crippen molar-refractivity contribution in [1.29, 1.82) is 5.26 Å². The smallest absolute Gasteiger partial charge is 0.192 e. The van der Waals surface area contributed by atoms with Crippen LogP contribution in [0, 0.1) is 11.3 Å². The van der Waals surface area contributed by atoms with Crippen molar-refractivity contribution in [3.05, 3.63) is 57.9 Å². The molecule has 2 heterocycles. The van der Waals surface area contributed by atoms with Gasteiger partial charge in [-0.05, 0) is 41.9 Å². The van der Waals surface area contributed by atoms with E-state index in [1.165, 1.54) is 6.20 Å². The first kappa shape index (κ1) is 23.7.